The molecule has 0 fully saturated rings. The maximum Gasteiger partial charge on any atom is 0.273 e. The van der Waals surface area contributed by atoms with Crippen LogP contribution in [0.2, 0.25) is 0 Å². The van der Waals surface area contributed by atoms with Crippen LogP contribution < -0.4 is 11.1 Å². The van der Waals surface area contributed by atoms with Gasteiger partial charge in [0.2, 0.25) is 0 Å². The number of hydrogen-bond acceptors (Lipinski definition) is 3. The molecule has 5 nitrogen and oxygen atoms in total. The summed E-state index contributed by atoms with van der Waals surface area (Å²) in [5.74, 6) is -0.233. The van der Waals surface area contributed by atoms with Crippen molar-refractivity contribution >= 4 is 44.7 Å². The first-order valence-electron chi connectivity index (χ1n) is 5.36. The minimum Gasteiger partial charge on any atom is -0.389 e. The molecule has 0 saturated heterocycles. The molecule has 1 heterocycles. The summed E-state index contributed by atoms with van der Waals surface area (Å²) in [6.07, 6.45) is 3.08. The summed E-state index contributed by atoms with van der Waals surface area (Å²) in [4.78, 5) is 16.2. The van der Waals surface area contributed by atoms with Crippen LogP contribution in [-0.2, 0) is 7.05 Å². The second-order valence-corrected chi connectivity index (χ2v) is 5.20. The predicted molar refractivity (Wildman–Crippen MR) is 81.2 cm³/mol. The molecule has 3 N–H and O–H groups in total. The lowest BCUT2D eigenvalue weighted by Crippen LogP contribution is -2.16. The molecule has 0 spiro atoms. The molecule has 0 aliphatic carbocycles. The van der Waals surface area contributed by atoms with Gasteiger partial charge in [-0.3, -0.25) is 4.79 Å². The van der Waals surface area contributed by atoms with E-state index >= 15 is 0 Å². The van der Waals surface area contributed by atoms with Crippen LogP contribution in [0.5, 0.6) is 0 Å². The molecule has 0 bridgehead atoms. The largest absolute Gasteiger partial charge is 0.389 e. The first-order valence-corrected chi connectivity index (χ1v) is 6.56. The Kier molecular flexibility index (Phi) is 3.96. The molecule has 0 aliphatic heterocycles. The number of benzene rings is 1. The smallest absolute Gasteiger partial charge is 0.273 e. The maximum atomic E-state index is 12.0. The molecule has 1 amide bonds. The number of nitrogens with zero attached hydrogens (tertiary/aromatic N) is 2. The van der Waals surface area contributed by atoms with Crippen molar-refractivity contribution in [1.82, 2.24) is 9.55 Å². The van der Waals surface area contributed by atoms with Gasteiger partial charge >= 0.3 is 0 Å². The second kappa shape index (κ2) is 5.50. The van der Waals surface area contributed by atoms with Crippen LogP contribution in [0.15, 0.2) is 35.2 Å². The average Bonchev–Trinajstić information content (AvgIpc) is 2.77. The van der Waals surface area contributed by atoms with Gasteiger partial charge in [-0.15, -0.1) is 0 Å². The molecule has 0 radical (unpaired) electrons. The third kappa shape index (κ3) is 2.99. The monoisotopic (exact) mass is 338 g/mol. The summed E-state index contributed by atoms with van der Waals surface area (Å²) in [7, 11) is 1.76. The minimum atomic E-state index is -0.233. The Balaban J connectivity index is 2.23. The van der Waals surface area contributed by atoms with Crippen molar-refractivity contribution in [3.63, 3.8) is 0 Å². The zero-order valence-corrected chi connectivity index (χ0v) is 12.5. The quantitative estimate of drug-likeness (QED) is 0.840. The molecule has 1 aromatic heterocycles. The molecule has 0 unspecified atom stereocenters. The van der Waals surface area contributed by atoms with Crippen molar-refractivity contribution < 1.29 is 4.79 Å². The van der Waals surface area contributed by atoms with E-state index in [4.69, 9.17) is 18.0 Å². The zero-order valence-electron chi connectivity index (χ0n) is 10.1. The van der Waals surface area contributed by atoms with E-state index in [1.54, 1.807) is 36.1 Å². The van der Waals surface area contributed by atoms with Gasteiger partial charge < -0.3 is 15.6 Å². The van der Waals surface area contributed by atoms with Crippen molar-refractivity contribution in [2.45, 2.75) is 0 Å². The Bertz CT molecular complexity index is 653. The van der Waals surface area contributed by atoms with Crippen LogP contribution in [0, 0.1) is 0 Å². The number of amides is 1. The number of hydrogen-bond donors (Lipinski definition) is 2. The van der Waals surface area contributed by atoms with Gasteiger partial charge in [-0.05, 0) is 34.1 Å². The summed E-state index contributed by atoms with van der Waals surface area (Å²) < 4.78 is 2.36. The predicted octanol–water partition coefficient (Wildman–Crippen LogP) is 2.07. The van der Waals surface area contributed by atoms with E-state index in [1.165, 1.54) is 6.20 Å². The second-order valence-electron chi connectivity index (χ2n) is 3.90. The lowest BCUT2D eigenvalue weighted by molar-refractivity contribution is 0.101. The molecule has 7 heteroatoms. The Labute approximate surface area is 123 Å². The van der Waals surface area contributed by atoms with Crippen molar-refractivity contribution in [2.75, 3.05) is 5.32 Å². The van der Waals surface area contributed by atoms with Gasteiger partial charge in [0.05, 0.1) is 18.2 Å². The highest BCUT2D eigenvalue weighted by Crippen LogP contribution is 2.24. The van der Waals surface area contributed by atoms with E-state index in [0.717, 1.165) is 5.56 Å². The van der Waals surface area contributed by atoms with Gasteiger partial charge in [0.1, 0.15) is 10.7 Å². The molecule has 2 aromatic rings. The van der Waals surface area contributed by atoms with Crippen LogP contribution in [0.4, 0.5) is 5.69 Å². The number of aryl methyl sites for hydroxylation is 1. The number of nitrogens with one attached hydrogen (secondary N) is 1. The Morgan fingerprint density at radius 1 is 1.53 bits per heavy atom. The van der Waals surface area contributed by atoms with Crippen molar-refractivity contribution in [3.05, 3.63) is 46.5 Å². The van der Waals surface area contributed by atoms with Gasteiger partial charge in [0.15, 0.2) is 0 Å². The van der Waals surface area contributed by atoms with Gasteiger partial charge in [0.25, 0.3) is 5.91 Å². The molecule has 19 heavy (non-hydrogen) atoms. The van der Waals surface area contributed by atoms with Crippen LogP contribution in [-0.4, -0.2) is 20.4 Å². The number of carbonyl (C=O) groups is 1. The first-order chi connectivity index (χ1) is 8.99. The first kappa shape index (κ1) is 13.7. The lowest BCUT2D eigenvalue weighted by Gasteiger charge is -2.09. The Morgan fingerprint density at radius 3 is 2.79 bits per heavy atom. The number of nitrogens with two attached hydrogens (primary N) is 1. The fourth-order valence-corrected chi connectivity index (χ4v) is 2.14. The summed E-state index contributed by atoms with van der Waals surface area (Å²) in [6.45, 7) is 0. The number of thiocarbonyl (C=S) groups is 1. The molecule has 2 rings (SSSR count). The number of anilines is 1. The van der Waals surface area contributed by atoms with E-state index in [9.17, 15) is 4.79 Å². The van der Waals surface area contributed by atoms with Crippen LogP contribution in [0.25, 0.3) is 0 Å². The van der Waals surface area contributed by atoms with E-state index in [0.29, 0.717) is 20.8 Å². The van der Waals surface area contributed by atoms with Crippen molar-refractivity contribution in [2.24, 2.45) is 12.8 Å². The summed E-state index contributed by atoms with van der Waals surface area (Å²) in [6, 6.07) is 5.26. The van der Waals surface area contributed by atoms with E-state index in [2.05, 4.69) is 26.2 Å². The maximum absolute atomic E-state index is 12.0. The zero-order chi connectivity index (χ0) is 14.0. The molecular formula is C12H11BrN4OS. The highest BCUT2D eigenvalue weighted by molar-refractivity contribution is 9.10. The number of aromatic nitrogens is 2. The van der Waals surface area contributed by atoms with Gasteiger partial charge in [-0.25, -0.2) is 4.98 Å². The van der Waals surface area contributed by atoms with E-state index < -0.39 is 0 Å². The topological polar surface area (TPSA) is 72.9 Å². The number of carbonyl (C=O) groups excluding carboxylic acids is 1. The fraction of sp³-hybridized carbons (Fsp3) is 0.0833. The van der Waals surface area contributed by atoms with Crippen LogP contribution in [0.3, 0.4) is 0 Å². The Hall–Kier alpha value is -1.73. The van der Waals surface area contributed by atoms with Gasteiger partial charge in [-0.2, -0.15) is 0 Å². The molecule has 0 atom stereocenters. The third-order valence-electron chi connectivity index (χ3n) is 2.55. The fourth-order valence-electron chi connectivity index (χ4n) is 1.53. The highest BCUT2D eigenvalue weighted by atomic mass is 79.9. The molecule has 98 valence electrons. The lowest BCUT2D eigenvalue weighted by atomic mass is 10.2. The standard InChI is InChI=1S/C12H11BrN4OS/c1-17-6-15-5-10(17)12(18)16-9-3-2-7(11(14)19)4-8(9)13/h2-6H,1H3,(H2,14,19)(H,16,18). The SMILES string of the molecule is Cn1cncc1C(=O)Nc1ccc(C(N)=S)cc1Br. The van der Waals surface area contributed by atoms with E-state index in [-0.39, 0.29) is 5.91 Å². The Morgan fingerprint density at radius 2 is 2.26 bits per heavy atom. The number of halogens is 1. The third-order valence-corrected chi connectivity index (χ3v) is 3.44. The number of imidazole rings is 1. The molecule has 0 saturated carbocycles. The molecule has 0 aliphatic rings. The van der Waals surface area contributed by atoms with Crippen LogP contribution in [0.1, 0.15) is 16.1 Å². The average molecular weight is 339 g/mol. The van der Waals surface area contributed by atoms with Crippen molar-refractivity contribution in [1.29, 1.82) is 0 Å². The summed E-state index contributed by atoms with van der Waals surface area (Å²) >= 11 is 8.27. The summed E-state index contributed by atoms with van der Waals surface area (Å²) in [5.41, 5.74) is 7.40. The van der Waals surface area contributed by atoms with Gasteiger partial charge in [-0.1, -0.05) is 12.2 Å². The number of rotatable bonds is 3. The van der Waals surface area contributed by atoms with Crippen molar-refractivity contribution in [3.8, 4) is 0 Å². The normalized spacial score (nSPS) is 10.2. The molecular weight excluding hydrogens is 328 g/mol. The highest BCUT2D eigenvalue weighted by Gasteiger charge is 2.12. The minimum absolute atomic E-state index is 0.233. The van der Waals surface area contributed by atoms with E-state index in [1.807, 2.05) is 0 Å². The van der Waals surface area contributed by atoms with Crippen LogP contribution >= 0.6 is 28.1 Å². The molecule has 1 aromatic carbocycles. The summed E-state index contributed by atoms with van der Waals surface area (Å²) in [5, 5.41) is 2.79. The van der Waals surface area contributed by atoms with Gasteiger partial charge in [0, 0.05) is 17.1 Å².